The molecule has 2 heterocycles. The van der Waals surface area contributed by atoms with Gasteiger partial charge in [0.25, 0.3) is 0 Å². The Labute approximate surface area is 185 Å². The number of aliphatic hydroxyl groups excluding tert-OH is 2. The maximum atomic E-state index is 12.2. The largest absolute Gasteiger partial charge is 0.388 e. The minimum absolute atomic E-state index is 0.0431. The smallest absolute Gasteiger partial charge is 0.219 e. The number of carbonyl (C=O) groups is 1. The molecule has 0 bridgehead atoms. The molecule has 31 heavy (non-hydrogen) atoms. The molecule has 0 spiro atoms. The molecule has 0 unspecified atom stereocenters. The summed E-state index contributed by atoms with van der Waals surface area (Å²) in [5, 5.41) is 25.1. The number of ether oxygens (including phenoxy) is 2. The van der Waals surface area contributed by atoms with Crippen LogP contribution in [0.1, 0.15) is 45.1 Å². The number of methoxy groups -OCH3 is 1. The number of aromatic nitrogens is 2. The average Bonchev–Trinajstić information content (AvgIpc) is 3.18. The van der Waals surface area contributed by atoms with E-state index in [4.69, 9.17) is 9.47 Å². The highest BCUT2D eigenvalue weighted by Crippen LogP contribution is 2.11. The van der Waals surface area contributed by atoms with Gasteiger partial charge in [-0.2, -0.15) is 5.10 Å². The Bertz CT molecular complexity index is 641. The van der Waals surface area contributed by atoms with E-state index in [2.05, 4.69) is 23.1 Å². The summed E-state index contributed by atoms with van der Waals surface area (Å²) in [5.41, 5.74) is 1.19. The van der Waals surface area contributed by atoms with Gasteiger partial charge in [0, 0.05) is 65.1 Å². The lowest BCUT2D eigenvalue weighted by Crippen LogP contribution is -2.48. The first kappa shape index (κ1) is 25.7. The van der Waals surface area contributed by atoms with E-state index < -0.39 is 18.3 Å². The van der Waals surface area contributed by atoms with E-state index in [1.54, 1.807) is 4.90 Å². The van der Waals surface area contributed by atoms with Gasteiger partial charge in [-0.1, -0.05) is 6.92 Å². The van der Waals surface area contributed by atoms with Crippen molar-refractivity contribution in [1.82, 2.24) is 19.6 Å². The van der Waals surface area contributed by atoms with Crippen LogP contribution in [0.25, 0.3) is 0 Å². The summed E-state index contributed by atoms with van der Waals surface area (Å²) in [6.45, 7) is 8.55. The fraction of sp³-hybridized carbons (Fsp3) is 0.818. The van der Waals surface area contributed by atoms with Gasteiger partial charge in [0.05, 0.1) is 12.8 Å². The van der Waals surface area contributed by atoms with E-state index in [1.807, 2.05) is 10.9 Å². The van der Waals surface area contributed by atoms with Crippen molar-refractivity contribution >= 4 is 5.91 Å². The van der Waals surface area contributed by atoms with Gasteiger partial charge in [0.1, 0.15) is 18.3 Å². The third-order valence-corrected chi connectivity index (χ3v) is 5.67. The quantitative estimate of drug-likeness (QED) is 0.701. The summed E-state index contributed by atoms with van der Waals surface area (Å²) in [6.07, 6.45) is 4.91. The summed E-state index contributed by atoms with van der Waals surface area (Å²) in [7, 11) is 1.48. The molecule has 1 amide bonds. The Hall–Kier alpha value is -1.52. The number of amides is 1. The van der Waals surface area contributed by atoms with E-state index in [0.717, 1.165) is 51.9 Å². The molecule has 1 fully saturated rings. The molecular formula is C22H40N4O5. The van der Waals surface area contributed by atoms with Crippen molar-refractivity contribution in [3.8, 4) is 0 Å². The summed E-state index contributed by atoms with van der Waals surface area (Å²) in [5.74, 6) is -0.0725. The molecule has 0 radical (unpaired) electrons. The number of carbonyl (C=O) groups excluding carboxylic acids is 1. The third-order valence-electron chi connectivity index (χ3n) is 5.67. The van der Waals surface area contributed by atoms with E-state index in [9.17, 15) is 15.0 Å². The zero-order valence-corrected chi connectivity index (χ0v) is 19.3. The highest BCUT2D eigenvalue weighted by atomic mass is 16.5. The van der Waals surface area contributed by atoms with Crippen LogP contribution in [-0.4, -0.2) is 101 Å². The number of aliphatic hydroxyl groups is 2. The van der Waals surface area contributed by atoms with Crippen molar-refractivity contribution in [3.63, 3.8) is 0 Å². The average molecular weight is 441 g/mol. The molecule has 2 rings (SSSR count). The first-order valence-electron chi connectivity index (χ1n) is 11.4. The minimum Gasteiger partial charge on any atom is -0.388 e. The first-order valence-corrected chi connectivity index (χ1v) is 11.4. The molecule has 0 saturated carbocycles. The van der Waals surface area contributed by atoms with Gasteiger partial charge < -0.3 is 24.6 Å². The fourth-order valence-electron chi connectivity index (χ4n) is 3.86. The Morgan fingerprint density at radius 3 is 2.74 bits per heavy atom. The maximum Gasteiger partial charge on any atom is 0.219 e. The summed E-state index contributed by atoms with van der Waals surface area (Å²) in [4.78, 5) is 16.2. The van der Waals surface area contributed by atoms with Crippen molar-refractivity contribution < 1.29 is 24.5 Å². The number of rotatable bonds is 5. The van der Waals surface area contributed by atoms with Gasteiger partial charge in [-0.25, -0.2) is 0 Å². The van der Waals surface area contributed by atoms with Crippen LogP contribution in [0.4, 0.5) is 0 Å². The molecule has 1 saturated heterocycles. The van der Waals surface area contributed by atoms with Gasteiger partial charge in [-0.3, -0.25) is 14.4 Å². The number of hydrogen-bond donors (Lipinski definition) is 2. The Morgan fingerprint density at radius 2 is 2.03 bits per heavy atom. The van der Waals surface area contributed by atoms with Gasteiger partial charge in [-0.05, 0) is 32.2 Å². The molecule has 2 N–H and O–H groups in total. The molecule has 0 aromatic carbocycles. The van der Waals surface area contributed by atoms with Crippen molar-refractivity contribution in [1.29, 1.82) is 0 Å². The lowest BCUT2D eigenvalue weighted by atomic mass is 10.1. The van der Waals surface area contributed by atoms with Crippen LogP contribution in [-0.2, 0) is 27.4 Å². The second-order valence-corrected chi connectivity index (χ2v) is 8.32. The van der Waals surface area contributed by atoms with Gasteiger partial charge in [0.15, 0.2) is 0 Å². The highest BCUT2D eigenvalue weighted by molar-refractivity contribution is 5.73. The standard InChI is InChI=1S/C22H40N4O5/c1-4-8-26-15-19(13-23-26)14-24-9-5-6-12-31-17-20(28)22(29)21(30-3)16-25(18(2)27)11-7-10-24/h13,15,20-22,28-29H,4-12,14,16-17H2,1-3H3/t20-,21-,22-/m0/s1. The van der Waals surface area contributed by atoms with Crippen molar-refractivity contribution in [2.45, 2.75) is 70.9 Å². The Kier molecular flexibility index (Phi) is 11.5. The zero-order valence-electron chi connectivity index (χ0n) is 19.3. The number of nitrogens with zero attached hydrogens (tertiary/aromatic N) is 4. The predicted molar refractivity (Wildman–Crippen MR) is 118 cm³/mol. The van der Waals surface area contributed by atoms with Crippen LogP contribution in [0.2, 0.25) is 0 Å². The Balaban J connectivity index is 2.03. The van der Waals surface area contributed by atoms with E-state index in [1.165, 1.54) is 19.6 Å². The first-order chi connectivity index (χ1) is 14.9. The topological polar surface area (TPSA) is 100 Å². The number of hydrogen-bond acceptors (Lipinski definition) is 7. The van der Waals surface area contributed by atoms with Gasteiger partial charge in [0.2, 0.25) is 5.91 Å². The molecule has 178 valence electrons. The molecule has 0 aliphatic carbocycles. The second-order valence-electron chi connectivity index (χ2n) is 8.32. The van der Waals surface area contributed by atoms with Crippen molar-refractivity contribution in [2.75, 3.05) is 46.5 Å². The van der Waals surface area contributed by atoms with Gasteiger partial charge in [-0.15, -0.1) is 0 Å². The summed E-state index contributed by atoms with van der Waals surface area (Å²) in [6, 6.07) is 0. The SMILES string of the molecule is CCCn1cc(CN2CCCCOC[C@H](O)[C@H](O)[C@@H](OC)CN(C(C)=O)CCC2)cn1. The van der Waals surface area contributed by atoms with Crippen LogP contribution < -0.4 is 0 Å². The van der Waals surface area contributed by atoms with Crippen LogP contribution in [0.3, 0.4) is 0 Å². The molecule has 1 aromatic heterocycles. The Morgan fingerprint density at radius 1 is 1.26 bits per heavy atom. The lowest BCUT2D eigenvalue weighted by Gasteiger charge is -2.31. The van der Waals surface area contributed by atoms with Crippen LogP contribution >= 0.6 is 0 Å². The summed E-state index contributed by atoms with van der Waals surface area (Å²) >= 11 is 0. The van der Waals surface area contributed by atoms with Crippen LogP contribution in [0.5, 0.6) is 0 Å². The van der Waals surface area contributed by atoms with Crippen molar-refractivity contribution in [3.05, 3.63) is 18.0 Å². The van der Waals surface area contributed by atoms with Gasteiger partial charge >= 0.3 is 0 Å². The van der Waals surface area contributed by atoms with Crippen LogP contribution in [0.15, 0.2) is 12.4 Å². The van der Waals surface area contributed by atoms with E-state index in [0.29, 0.717) is 13.2 Å². The minimum atomic E-state index is -1.12. The molecule has 3 atom stereocenters. The van der Waals surface area contributed by atoms with E-state index >= 15 is 0 Å². The molecule has 9 heteroatoms. The fourth-order valence-corrected chi connectivity index (χ4v) is 3.86. The maximum absolute atomic E-state index is 12.2. The third kappa shape index (κ3) is 8.86. The monoisotopic (exact) mass is 440 g/mol. The predicted octanol–water partition coefficient (Wildman–Crippen LogP) is 0.881. The number of aryl methyl sites for hydroxylation is 1. The molecule has 1 aliphatic rings. The lowest BCUT2D eigenvalue weighted by molar-refractivity contribution is -0.136. The molecular weight excluding hydrogens is 400 g/mol. The normalized spacial score (nSPS) is 25.7. The molecule has 1 aromatic rings. The molecule has 9 nitrogen and oxygen atoms in total. The van der Waals surface area contributed by atoms with Crippen molar-refractivity contribution in [2.24, 2.45) is 0 Å². The zero-order chi connectivity index (χ0) is 22.6. The summed E-state index contributed by atoms with van der Waals surface area (Å²) < 4.78 is 12.9. The van der Waals surface area contributed by atoms with Crippen LogP contribution in [0, 0.1) is 0 Å². The second kappa shape index (κ2) is 13.8. The molecule has 1 aliphatic heterocycles. The highest BCUT2D eigenvalue weighted by Gasteiger charge is 2.29. The van der Waals surface area contributed by atoms with E-state index in [-0.39, 0.29) is 19.1 Å².